The van der Waals surface area contributed by atoms with Crippen LogP contribution in [0.25, 0.3) is 0 Å². The SMILES string of the molecule is CCCCCCCCCN1CCCCC1CCCl. The highest BCUT2D eigenvalue weighted by Crippen LogP contribution is 2.20. The van der Waals surface area contributed by atoms with Crippen LogP contribution < -0.4 is 0 Å². The van der Waals surface area contributed by atoms with Crippen molar-refractivity contribution in [1.82, 2.24) is 4.90 Å². The van der Waals surface area contributed by atoms with Gasteiger partial charge in [-0.2, -0.15) is 0 Å². The predicted molar refractivity (Wildman–Crippen MR) is 82.5 cm³/mol. The lowest BCUT2D eigenvalue weighted by atomic mass is 9.99. The van der Waals surface area contributed by atoms with Crippen LogP contribution in [0, 0.1) is 0 Å². The van der Waals surface area contributed by atoms with Crippen LogP contribution in [0.3, 0.4) is 0 Å². The fraction of sp³-hybridized carbons (Fsp3) is 1.00. The van der Waals surface area contributed by atoms with Crippen LogP contribution >= 0.6 is 11.6 Å². The average Bonchev–Trinajstić information content (AvgIpc) is 2.40. The molecule has 1 atom stereocenters. The number of nitrogens with zero attached hydrogens (tertiary/aromatic N) is 1. The third-order valence-corrected chi connectivity index (χ3v) is 4.46. The molecule has 2 heteroatoms. The van der Waals surface area contributed by atoms with Crippen LogP contribution in [0.5, 0.6) is 0 Å². The molecule has 1 aliphatic heterocycles. The second-order valence-corrected chi connectivity index (χ2v) is 6.16. The van der Waals surface area contributed by atoms with Gasteiger partial charge >= 0.3 is 0 Å². The van der Waals surface area contributed by atoms with Crippen molar-refractivity contribution in [3.05, 3.63) is 0 Å². The summed E-state index contributed by atoms with van der Waals surface area (Å²) in [4.78, 5) is 2.71. The highest BCUT2D eigenvalue weighted by Gasteiger charge is 2.20. The summed E-state index contributed by atoms with van der Waals surface area (Å²) in [6.07, 6.45) is 15.3. The molecule has 18 heavy (non-hydrogen) atoms. The quantitative estimate of drug-likeness (QED) is 0.390. The molecule has 1 nitrogen and oxygen atoms in total. The second kappa shape index (κ2) is 11.1. The van der Waals surface area contributed by atoms with Gasteiger partial charge in [-0.05, 0) is 38.8 Å². The summed E-state index contributed by atoms with van der Waals surface area (Å²) in [5, 5.41) is 0. The Hall–Kier alpha value is 0.250. The first-order valence-corrected chi connectivity index (χ1v) is 8.72. The molecule has 1 saturated heterocycles. The van der Waals surface area contributed by atoms with Crippen molar-refractivity contribution in [2.24, 2.45) is 0 Å². The summed E-state index contributed by atoms with van der Waals surface area (Å²) < 4.78 is 0. The Morgan fingerprint density at radius 1 is 1.00 bits per heavy atom. The van der Waals surface area contributed by atoms with Gasteiger partial charge in [-0.3, -0.25) is 0 Å². The van der Waals surface area contributed by atoms with Gasteiger partial charge in [0.25, 0.3) is 0 Å². The number of unbranched alkanes of at least 4 members (excludes halogenated alkanes) is 6. The van der Waals surface area contributed by atoms with Gasteiger partial charge in [0.05, 0.1) is 0 Å². The highest BCUT2D eigenvalue weighted by molar-refractivity contribution is 6.17. The van der Waals surface area contributed by atoms with Crippen LogP contribution in [0.15, 0.2) is 0 Å². The van der Waals surface area contributed by atoms with Crippen molar-refractivity contribution in [2.75, 3.05) is 19.0 Å². The molecule has 1 rings (SSSR count). The maximum Gasteiger partial charge on any atom is 0.0238 e. The summed E-state index contributed by atoms with van der Waals surface area (Å²) in [6, 6.07) is 0.788. The largest absolute Gasteiger partial charge is 0.300 e. The van der Waals surface area contributed by atoms with Crippen LogP contribution in [0.2, 0.25) is 0 Å². The van der Waals surface area contributed by atoms with E-state index in [1.165, 1.54) is 83.7 Å². The fourth-order valence-corrected chi connectivity index (χ4v) is 3.33. The number of likely N-dealkylation sites (tertiary alicyclic amines) is 1. The highest BCUT2D eigenvalue weighted by atomic mass is 35.5. The Labute approximate surface area is 119 Å². The lowest BCUT2D eigenvalue weighted by Gasteiger charge is -2.35. The van der Waals surface area contributed by atoms with Gasteiger partial charge in [-0.15, -0.1) is 11.6 Å². The summed E-state index contributed by atoms with van der Waals surface area (Å²) >= 11 is 5.91. The van der Waals surface area contributed by atoms with E-state index in [-0.39, 0.29) is 0 Å². The van der Waals surface area contributed by atoms with Crippen molar-refractivity contribution < 1.29 is 0 Å². The summed E-state index contributed by atoms with van der Waals surface area (Å²) in [6.45, 7) is 4.92. The van der Waals surface area contributed by atoms with Crippen LogP contribution in [-0.4, -0.2) is 29.9 Å². The second-order valence-electron chi connectivity index (χ2n) is 5.78. The normalized spacial score (nSPS) is 21.3. The van der Waals surface area contributed by atoms with Crippen molar-refractivity contribution in [2.45, 2.75) is 83.6 Å². The standard InChI is InChI=1S/C16H32ClN/c1-2-3-4-5-6-7-9-14-18-15-10-8-11-16(18)12-13-17/h16H,2-15H2,1H3. The maximum absolute atomic E-state index is 5.91. The summed E-state index contributed by atoms with van der Waals surface area (Å²) in [5.74, 6) is 0.832. The number of piperidine rings is 1. The van der Waals surface area contributed by atoms with E-state index in [1.807, 2.05) is 0 Å². The van der Waals surface area contributed by atoms with Gasteiger partial charge < -0.3 is 4.90 Å². The van der Waals surface area contributed by atoms with E-state index in [0.29, 0.717) is 0 Å². The van der Waals surface area contributed by atoms with E-state index in [0.717, 1.165) is 11.9 Å². The summed E-state index contributed by atoms with van der Waals surface area (Å²) in [5.41, 5.74) is 0. The monoisotopic (exact) mass is 273 g/mol. The fourth-order valence-electron chi connectivity index (χ4n) is 3.08. The third-order valence-electron chi connectivity index (χ3n) is 4.24. The van der Waals surface area contributed by atoms with Gasteiger partial charge in [-0.1, -0.05) is 51.9 Å². The van der Waals surface area contributed by atoms with E-state index >= 15 is 0 Å². The minimum atomic E-state index is 0.788. The Bertz CT molecular complexity index is 182. The number of hydrogen-bond acceptors (Lipinski definition) is 1. The molecule has 0 amide bonds. The van der Waals surface area contributed by atoms with Crippen molar-refractivity contribution in [3.63, 3.8) is 0 Å². The Morgan fingerprint density at radius 2 is 1.72 bits per heavy atom. The molecule has 0 aliphatic carbocycles. The molecule has 1 aliphatic rings. The smallest absolute Gasteiger partial charge is 0.0238 e. The van der Waals surface area contributed by atoms with Gasteiger partial charge in [0, 0.05) is 11.9 Å². The molecule has 0 aromatic rings. The molecular formula is C16H32ClN. The van der Waals surface area contributed by atoms with Crippen molar-refractivity contribution in [3.8, 4) is 0 Å². The molecule has 0 bridgehead atoms. The van der Waals surface area contributed by atoms with Crippen LogP contribution in [0.4, 0.5) is 0 Å². The van der Waals surface area contributed by atoms with Crippen LogP contribution in [0.1, 0.15) is 77.6 Å². The molecule has 0 aromatic carbocycles. The number of hydrogen-bond donors (Lipinski definition) is 0. The van der Waals surface area contributed by atoms with Gasteiger partial charge in [-0.25, -0.2) is 0 Å². The predicted octanol–water partition coefficient (Wildman–Crippen LogP) is 5.22. The molecule has 0 aromatic heterocycles. The third kappa shape index (κ3) is 6.99. The minimum absolute atomic E-state index is 0.788. The van der Waals surface area contributed by atoms with Crippen molar-refractivity contribution in [1.29, 1.82) is 0 Å². The molecule has 108 valence electrons. The molecular weight excluding hydrogens is 242 g/mol. The molecule has 1 heterocycles. The van der Waals surface area contributed by atoms with E-state index in [4.69, 9.17) is 11.6 Å². The lowest BCUT2D eigenvalue weighted by molar-refractivity contribution is 0.142. The zero-order chi connectivity index (χ0) is 13.1. The summed E-state index contributed by atoms with van der Waals surface area (Å²) in [7, 11) is 0. The van der Waals surface area contributed by atoms with Crippen LogP contribution in [-0.2, 0) is 0 Å². The first-order valence-electron chi connectivity index (χ1n) is 8.18. The number of rotatable bonds is 10. The topological polar surface area (TPSA) is 3.24 Å². The molecule has 1 fully saturated rings. The zero-order valence-corrected chi connectivity index (χ0v) is 13.1. The number of halogens is 1. The zero-order valence-electron chi connectivity index (χ0n) is 12.3. The Balaban J connectivity index is 2.02. The molecule has 0 spiro atoms. The molecule has 0 radical (unpaired) electrons. The molecule has 0 N–H and O–H groups in total. The van der Waals surface area contributed by atoms with Gasteiger partial charge in [0.2, 0.25) is 0 Å². The number of alkyl halides is 1. The lowest BCUT2D eigenvalue weighted by Crippen LogP contribution is -2.40. The first kappa shape index (κ1) is 16.3. The molecule has 1 unspecified atom stereocenters. The van der Waals surface area contributed by atoms with E-state index < -0.39 is 0 Å². The Morgan fingerprint density at radius 3 is 2.44 bits per heavy atom. The van der Waals surface area contributed by atoms with Crippen molar-refractivity contribution >= 4 is 11.6 Å². The Kier molecular flexibility index (Phi) is 10.1. The van der Waals surface area contributed by atoms with E-state index in [9.17, 15) is 0 Å². The van der Waals surface area contributed by atoms with Gasteiger partial charge in [0.15, 0.2) is 0 Å². The minimum Gasteiger partial charge on any atom is -0.300 e. The first-order chi connectivity index (χ1) is 8.88. The van der Waals surface area contributed by atoms with E-state index in [1.54, 1.807) is 0 Å². The average molecular weight is 274 g/mol. The van der Waals surface area contributed by atoms with E-state index in [2.05, 4.69) is 11.8 Å². The maximum atomic E-state index is 5.91. The van der Waals surface area contributed by atoms with Gasteiger partial charge in [0.1, 0.15) is 0 Å². The molecule has 0 saturated carbocycles.